The third-order valence-electron chi connectivity index (χ3n) is 3.87. The molecule has 0 saturated carbocycles. The molecule has 2 N–H and O–H groups in total. The van der Waals surface area contributed by atoms with Crippen LogP contribution in [-0.4, -0.2) is 14.3 Å². The number of hydrogen-bond donors (Lipinski definition) is 2. The summed E-state index contributed by atoms with van der Waals surface area (Å²) < 4.78 is 53.1. The average Bonchev–Trinajstić information content (AvgIpc) is 2.71. The Kier molecular flexibility index (Phi) is 5.57. The predicted molar refractivity (Wildman–Crippen MR) is 103 cm³/mol. The van der Waals surface area contributed by atoms with E-state index < -0.39 is 32.5 Å². The highest BCUT2D eigenvalue weighted by Crippen LogP contribution is 2.20. The zero-order valence-electron chi connectivity index (χ0n) is 14.7. The molecule has 0 fully saturated rings. The molecule has 3 aromatic rings. The molecule has 9 heteroatoms. The highest BCUT2D eigenvalue weighted by Gasteiger charge is 2.17. The van der Waals surface area contributed by atoms with Crippen LogP contribution in [0.15, 0.2) is 71.6 Å². The molecule has 0 radical (unpaired) electrons. The van der Waals surface area contributed by atoms with E-state index in [1.54, 1.807) is 0 Å². The van der Waals surface area contributed by atoms with Crippen LogP contribution in [0.2, 0.25) is 0 Å². The molecule has 146 valence electrons. The van der Waals surface area contributed by atoms with Crippen molar-refractivity contribution in [2.24, 2.45) is 0 Å². The van der Waals surface area contributed by atoms with Gasteiger partial charge in [-0.05, 0) is 66.7 Å². The number of carbonyl (C=O) groups is 1. The van der Waals surface area contributed by atoms with E-state index in [2.05, 4.69) is 10.0 Å². The lowest BCUT2D eigenvalue weighted by Gasteiger charge is -2.10. The van der Waals surface area contributed by atoms with Gasteiger partial charge in [0.05, 0.1) is 16.5 Å². The zero-order chi connectivity index (χ0) is 21.0. The summed E-state index contributed by atoms with van der Waals surface area (Å²) in [6.07, 6.45) is 0. The summed E-state index contributed by atoms with van der Waals surface area (Å²) in [4.78, 5) is 11.8. The van der Waals surface area contributed by atoms with E-state index in [0.717, 1.165) is 12.1 Å². The van der Waals surface area contributed by atoms with E-state index in [1.807, 2.05) is 6.07 Å². The highest BCUT2D eigenvalue weighted by atomic mass is 32.2. The van der Waals surface area contributed by atoms with Crippen LogP contribution in [0.5, 0.6) is 0 Å². The van der Waals surface area contributed by atoms with Gasteiger partial charge in [0.1, 0.15) is 0 Å². The number of rotatable bonds is 5. The third kappa shape index (κ3) is 4.75. The molecule has 0 atom stereocenters. The molecule has 0 aliphatic heterocycles. The van der Waals surface area contributed by atoms with Crippen molar-refractivity contribution >= 4 is 27.3 Å². The molecule has 1 amide bonds. The maximum atomic E-state index is 13.3. The number of carbonyl (C=O) groups excluding carboxylic acids is 1. The summed E-state index contributed by atoms with van der Waals surface area (Å²) in [7, 11) is -4.11. The van der Waals surface area contributed by atoms with Crippen LogP contribution in [0, 0.1) is 23.0 Å². The second kappa shape index (κ2) is 8.08. The number of nitrogens with one attached hydrogen (secondary N) is 2. The summed E-state index contributed by atoms with van der Waals surface area (Å²) in [5.41, 5.74) is 1.37. The zero-order valence-corrected chi connectivity index (χ0v) is 15.5. The van der Waals surface area contributed by atoms with Gasteiger partial charge in [-0.15, -0.1) is 0 Å². The molecule has 6 nitrogen and oxygen atoms in total. The second-order valence-corrected chi connectivity index (χ2v) is 7.58. The molecular weight excluding hydrogens is 400 g/mol. The van der Waals surface area contributed by atoms with Gasteiger partial charge in [0.25, 0.3) is 15.9 Å². The summed E-state index contributed by atoms with van der Waals surface area (Å²) >= 11 is 0. The minimum atomic E-state index is -4.11. The number of amides is 1. The van der Waals surface area contributed by atoms with Crippen LogP contribution in [0.1, 0.15) is 15.9 Å². The molecular formula is C20H13F2N3O3S. The first-order valence-corrected chi connectivity index (χ1v) is 9.66. The van der Waals surface area contributed by atoms with Crippen molar-refractivity contribution in [2.45, 2.75) is 4.90 Å². The van der Waals surface area contributed by atoms with E-state index in [-0.39, 0.29) is 5.69 Å². The molecule has 0 saturated heterocycles. The lowest BCUT2D eigenvalue weighted by Crippen LogP contribution is -2.14. The topological polar surface area (TPSA) is 99.1 Å². The maximum absolute atomic E-state index is 13.3. The first-order valence-electron chi connectivity index (χ1n) is 8.18. The lowest BCUT2D eigenvalue weighted by molar-refractivity contribution is 0.102. The van der Waals surface area contributed by atoms with Gasteiger partial charge in [0, 0.05) is 16.9 Å². The maximum Gasteiger partial charge on any atom is 0.261 e. The van der Waals surface area contributed by atoms with Crippen molar-refractivity contribution in [3.63, 3.8) is 0 Å². The smallest absolute Gasteiger partial charge is 0.261 e. The van der Waals surface area contributed by atoms with Gasteiger partial charge in [0.15, 0.2) is 11.6 Å². The Morgan fingerprint density at radius 2 is 1.48 bits per heavy atom. The molecule has 0 unspecified atom stereocenters. The fraction of sp³-hybridized carbons (Fsp3) is 0. The minimum Gasteiger partial charge on any atom is -0.322 e. The summed E-state index contributed by atoms with van der Waals surface area (Å²) in [6.45, 7) is 0. The monoisotopic (exact) mass is 413 g/mol. The second-order valence-electron chi connectivity index (χ2n) is 5.90. The molecule has 3 aromatic carbocycles. The van der Waals surface area contributed by atoms with Gasteiger partial charge in [-0.2, -0.15) is 5.26 Å². The Morgan fingerprint density at radius 1 is 0.862 bits per heavy atom. The third-order valence-corrected chi connectivity index (χ3v) is 5.25. The summed E-state index contributed by atoms with van der Waals surface area (Å²) in [5, 5.41) is 11.4. The summed E-state index contributed by atoms with van der Waals surface area (Å²) in [5.74, 6) is -2.82. The van der Waals surface area contributed by atoms with Gasteiger partial charge in [-0.1, -0.05) is 0 Å². The Morgan fingerprint density at radius 3 is 2.07 bits per heavy atom. The van der Waals surface area contributed by atoms with Gasteiger partial charge in [-0.3, -0.25) is 9.52 Å². The van der Waals surface area contributed by atoms with Gasteiger partial charge in [-0.25, -0.2) is 17.2 Å². The highest BCUT2D eigenvalue weighted by molar-refractivity contribution is 7.92. The van der Waals surface area contributed by atoms with E-state index >= 15 is 0 Å². The number of halogens is 2. The van der Waals surface area contributed by atoms with Crippen LogP contribution >= 0.6 is 0 Å². The fourth-order valence-corrected chi connectivity index (χ4v) is 3.45. The van der Waals surface area contributed by atoms with E-state index in [4.69, 9.17) is 5.26 Å². The van der Waals surface area contributed by atoms with E-state index in [1.165, 1.54) is 48.5 Å². The van der Waals surface area contributed by atoms with E-state index in [0.29, 0.717) is 22.9 Å². The molecule has 29 heavy (non-hydrogen) atoms. The number of hydrogen-bond acceptors (Lipinski definition) is 4. The van der Waals surface area contributed by atoms with Crippen LogP contribution < -0.4 is 10.0 Å². The fourth-order valence-electron chi connectivity index (χ4n) is 2.38. The first-order chi connectivity index (χ1) is 13.8. The van der Waals surface area contributed by atoms with Crippen LogP contribution in [0.25, 0.3) is 0 Å². The largest absolute Gasteiger partial charge is 0.322 e. The summed E-state index contributed by atoms with van der Waals surface area (Å²) in [6, 6.07) is 16.1. The predicted octanol–water partition coefficient (Wildman–Crippen LogP) is 3.89. The quantitative estimate of drug-likeness (QED) is 0.663. The minimum absolute atomic E-state index is 0.172. The molecule has 0 spiro atoms. The number of sulfonamides is 1. The van der Waals surface area contributed by atoms with Crippen LogP contribution in [0.3, 0.4) is 0 Å². The van der Waals surface area contributed by atoms with Crippen molar-refractivity contribution in [2.75, 3.05) is 10.0 Å². The van der Waals surface area contributed by atoms with Gasteiger partial charge in [0.2, 0.25) is 0 Å². The van der Waals surface area contributed by atoms with Crippen LogP contribution in [0.4, 0.5) is 20.2 Å². The molecule has 0 heterocycles. The van der Waals surface area contributed by atoms with Crippen molar-refractivity contribution in [3.8, 4) is 6.07 Å². The number of benzene rings is 3. The Balaban J connectivity index is 1.70. The molecule has 0 aromatic heterocycles. The molecule has 3 rings (SSSR count). The molecule has 0 aliphatic carbocycles. The van der Waals surface area contributed by atoms with Crippen molar-refractivity contribution < 1.29 is 22.0 Å². The standard InChI is InChI=1S/C20H13F2N3O3S/c21-18-10-9-17(11-19(18)22)29(27,28)25-16-7-5-15(6-8-16)24-20(26)14-3-1-13(12-23)2-4-14/h1-11,25H,(H,24,26). The molecule has 0 bridgehead atoms. The first kappa shape index (κ1) is 20.0. The number of nitrogens with zero attached hydrogens (tertiary/aromatic N) is 1. The lowest BCUT2D eigenvalue weighted by atomic mass is 10.1. The molecule has 0 aliphatic rings. The van der Waals surface area contributed by atoms with Gasteiger partial charge < -0.3 is 5.32 Å². The van der Waals surface area contributed by atoms with Crippen molar-refractivity contribution in [3.05, 3.63) is 89.5 Å². The van der Waals surface area contributed by atoms with Crippen molar-refractivity contribution in [1.29, 1.82) is 5.26 Å². The number of anilines is 2. The van der Waals surface area contributed by atoms with Gasteiger partial charge >= 0.3 is 0 Å². The Bertz CT molecular complexity index is 1200. The van der Waals surface area contributed by atoms with Crippen molar-refractivity contribution in [1.82, 2.24) is 0 Å². The van der Waals surface area contributed by atoms with E-state index in [9.17, 15) is 22.0 Å². The SMILES string of the molecule is N#Cc1ccc(C(=O)Nc2ccc(NS(=O)(=O)c3ccc(F)c(F)c3)cc2)cc1. The number of nitriles is 1. The average molecular weight is 413 g/mol. The Labute approximate surface area is 165 Å². The Hall–Kier alpha value is -3.77. The normalized spacial score (nSPS) is 10.8. The van der Waals surface area contributed by atoms with Crippen LogP contribution in [-0.2, 0) is 10.0 Å².